The number of aliphatic imine (C=N–C) groups is 4. The van der Waals surface area contributed by atoms with Crippen LogP contribution in [0.3, 0.4) is 0 Å². The number of alkyl halides is 3. The number of nitrogens with two attached hydrogens (primary N) is 8. The summed E-state index contributed by atoms with van der Waals surface area (Å²) in [7, 11) is 0. The fourth-order valence-electron chi connectivity index (χ4n) is 3.85. The van der Waals surface area contributed by atoms with Crippen molar-refractivity contribution >= 4 is 41.2 Å². The minimum absolute atomic E-state index is 0.0409. The molecule has 4 atom stereocenters. The van der Waals surface area contributed by atoms with Gasteiger partial charge in [0.1, 0.15) is 23.7 Å². The molecule has 1 aliphatic rings. The molecule has 3 rings (SSSR count). The van der Waals surface area contributed by atoms with Gasteiger partial charge >= 0.3 is 12.1 Å². The molecule has 234 valence electrons. The molecule has 0 aliphatic heterocycles. The summed E-state index contributed by atoms with van der Waals surface area (Å²) < 4.78 is 44.2. The quantitative estimate of drug-likeness (QED) is 0.134. The van der Waals surface area contributed by atoms with Gasteiger partial charge in [0.2, 0.25) is 0 Å². The Balaban J connectivity index is 0.000000821. The number of aliphatic carboxylic acids is 1. The zero-order valence-electron chi connectivity index (χ0n) is 22.6. The third kappa shape index (κ3) is 11.8. The highest BCUT2D eigenvalue weighted by Gasteiger charge is 2.40. The predicted molar refractivity (Wildman–Crippen MR) is 155 cm³/mol. The highest BCUT2D eigenvalue weighted by Crippen LogP contribution is 2.32. The van der Waals surface area contributed by atoms with Gasteiger partial charge in [0.25, 0.3) is 0 Å². The Hall–Kier alpha value is -5.62. The molecule has 0 saturated heterocycles. The van der Waals surface area contributed by atoms with Crippen LogP contribution in [0, 0.1) is 0 Å². The summed E-state index contributed by atoms with van der Waals surface area (Å²) in [5, 5.41) is 7.12. The lowest BCUT2D eigenvalue weighted by Crippen LogP contribution is -2.50. The second kappa shape index (κ2) is 14.8. The van der Waals surface area contributed by atoms with Gasteiger partial charge in [-0.25, -0.2) is 24.8 Å². The summed E-state index contributed by atoms with van der Waals surface area (Å²) in [6.45, 7) is 0. The molecule has 1 fully saturated rings. The van der Waals surface area contributed by atoms with E-state index in [2.05, 4.69) is 20.0 Å². The molecule has 16 nitrogen and oxygen atoms in total. The second-order valence-corrected chi connectivity index (χ2v) is 8.89. The Morgan fingerprint density at radius 2 is 0.977 bits per heavy atom. The number of carboxylic acid groups (broad SMARTS) is 1. The molecule has 2 aromatic carbocycles. The number of hydrogen-bond donors (Lipinski definition) is 9. The molecule has 1 saturated carbocycles. The highest BCUT2D eigenvalue weighted by atomic mass is 19.4. The Bertz CT molecular complexity index is 1240. The van der Waals surface area contributed by atoms with Crippen LogP contribution in [0.25, 0.3) is 0 Å². The molecular weight excluding hydrogens is 577 g/mol. The average molecular weight is 611 g/mol. The van der Waals surface area contributed by atoms with Crippen molar-refractivity contribution in [3.63, 3.8) is 0 Å². The molecule has 19 heteroatoms. The Kier molecular flexibility index (Phi) is 11.6. The zero-order valence-corrected chi connectivity index (χ0v) is 22.6. The number of rotatable bonds is 8. The molecule has 17 N–H and O–H groups in total. The molecule has 0 aromatic heterocycles. The van der Waals surface area contributed by atoms with Crippen LogP contribution in [0.15, 0.2) is 68.5 Å². The lowest BCUT2D eigenvalue weighted by Gasteiger charge is -2.38. The van der Waals surface area contributed by atoms with Crippen molar-refractivity contribution in [1.29, 1.82) is 0 Å². The fourth-order valence-corrected chi connectivity index (χ4v) is 3.85. The number of nitrogens with zero attached hydrogens (tertiary/aromatic N) is 4. The van der Waals surface area contributed by atoms with Crippen LogP contribution in [0.5, 0.6) is 11.5 Å². The highest BCUT2D eigenvalue weighted by molar-refractivity contribution is 5.79. The smallest absolute Gasteiger partial charge is 0.488 e. The second-order valence-electron chi connectivity index (χ2n) is 8.89. The lowest BCUT2D eigenvalue weighted by molar-refractivity contribution is -0.192. The first-order chi connectivity index (χ1) is 20.0. The number of ether oxygens (including phenoxy) is 2. The van der Waals surface area contributed by atoms with Crippen molar-refractivity contribution < 1.29 is 32.5 Å². The maximum atomic E-state index is 10.6. The molecule has 1 aliphatic carbocycles. The number of halogens is 3. The van der Waals surface area contributed by atoms with E-state index in [4.69, 9.17) is 65.2 Å². The maximum Gasteiger partial charge on any atom is 0.490 e. The largest absolute Gasteiger partial charge is 0.490 e. The van der Waals surface area contributed by atoms with Crippen molar-refractivity contribution in [3.05, 3.63) is 48.5 Å². The lowest BCUT2D eigenvalue weighted by atomic mass is 9.86. The van der Waals surface area contributed by atoms with Gasteiger partial charge in [-0.3, -0.25) is 0 Å². The van der Waals surface area contributed by atoms with Gasteiger partial charge in [0.15, 0.2) is 23.8 Å². The van der Waals surface area contributed by atoms with Crippen LogP contribution in [0.1, 0.15) is 12.8 Å². The van der Waals surface area contributed by atoms with Crippen molar-refractivity contribution in [2.75, 3.05) is 0 Å². The van der Waals surface area contributed by atoms with Crippen LogP contribution in [0.2, 0.25) is 0 Å². The van der Waals surface area contributed by atoms with E-state index in [0.717, 1.165) is 0 Å². The van der Waals surface area contributed by atoms with E-state index in [1.807, 2.05) is 0 Å². The predicted octanol–water partition coefficient (Wildman–Crippen LogP) is -0.597. The topological polar surface area (TPSA) is 313 Å². The van der Waals surface area contributed by atoms with Crippen LogP contribution >= 0.6 is 0 Å². The van der Waals surface area contributed by atoms with Crippen LogP contribution < -0.4 is 55.3 Å². The minimum Gasteiger partial charge on any atom is -0.488 e. The summed E-state index contributed by atoms with van der Waals surface area (Å²) in [6.07, 6.45) is -5.22. The monoisotopic (exact) mass is 610 g/mol. The number of carboxylic acids is 1. The first-order valence-electron chi connectivity index (χ1n) is 12.2. The summed E-state index contributed by atoms with van der Waals surface area (Å²) in [4.78, 5) is 25.6. The van der Waals surface area contributed by atoms with E-state index in [9.17, 15) is 13.2 Å². The summed E-state index contributed by atoms with van der Waals surface area (Å²) in [5.74, 6) is -1.84. The van der Waals surface area contributed by atoms with Crippen LogP contribution in [0.4, 0.5) is 24.5 Å². The van der Waals surface area contributed by atoms with Crippen molar-refractivity contribution in [2.45, 2.75) is 43.3 Å². The van der Waals surface area contributed by atoms with E-state index in [0.29, 0.717) is 35.7 Å². The average Bonchev–Trinajstić information content (AvgIpc) is 2.87. The van der Waals surface area contributed by atoms with Gasteiger partial charge in [-0.05, 0) is 55.0 Å². The van der Waals surface area contributed by atoms with Gasteiger partial charge in [-0.15, -0.1) is 0 Å². The van der Waals surface area contributed by atoms with Crippen LogP contribution in [-0.2, 0) is 4.79 Å². The SMILES string of the molecule is NC(N)=Nc1ccc(O[C@H]2C[C@@H](Oc3ccc(N=C(N)N)cc3)[C@H](N=C(N)N)C[C@@H]2N=C(N)N)cc1.O=C(O)C(F)(F)F. The van der Waals surface area contributed by atoms with E-state index >= 15 is 0 Å². The fraction of sp³-hybridized carbons (Fsp3) is 0.292. The van der Waals surface area contributed by atoms with E-state index < -0.39 is 36.4 Å². The zero-order chi connectivity index (χ0) is 32.3. The number of benzene rings is 2. The molecule has 0 unspecified atom stereocenters. The number of carbonyl (C=O) groups is 1. The molecule has 2 aromatic rings. The Morgan fingerprint density at radius 1 is 0.651 bits per heavy atom. The number of hydrogen-bond acceptors (Lipinski definition) is 7. The molecule has 43 heavy (non-hydrogen) atoms. The van der Waals surface area contributed by atoms with Crippen molar-refractivity contribution in [1.82, 2.24) is 0 Å². The minimum atomic E-state index is -5.08. The van der Waals surface area contributed by atoms with Crippen molar-refractivity contribution in [2.24, 2.45) is 65.8 Å². The molecule has 0 heterocycles. The molecule has 0 amide bonds. The van der Waals surface area contributed by atoms with E-state index in [-0.39, 0.29) is 23.8 Å². The Labute approximate surface area is 243 Å². The first-order valence-corrected chi connectivity index (χ1v) is 12.2. The van der Waals surface area contributed by atoms with E-state index in [1.165, 1.54) is 0 Å². The number of guanidine groups is 4. The van der Waals surface area contributed by atoms with Gasteiger partial charge in [0, 0.05) is 6.42 Å². The summed E-state index contributed by atoms with van der Waals surface area (Å²) in [6, 6.07) is 13.0. The third-order valence-corrected chi connectivity index (χ3v) is 5.44. The first kappa shape index (κ1) is 33.6. The molecule has 0 bridgehead atoms. The normalized spacial score (nSPS) is 19.3. The van der Waals surface area contributed by atoms with Crippen molar-refractivity contribution in [3.8, 4) is 11.5 Å². The van der Waals surface area contributed by atoms with Gasteiger partial charge in [-0.2, -0.15) is 13.2 Å². The van der Waals surface area contributed by atoms with Crippen LogP contribution in [-0.4, -0.2) is 65.4 Å². The van der Waals surface area contributed by atoms with Gasteiger partial charge in [0.05, 0.1) is 23.5 Å². The third-order valence-electron chi connectivity index (χ3n) is 5.44. The van der Waals surface area contributed by atoms with E-state index in [1.54, 1.807) is 48.5 Å². The molecular formula is C24H33F3N12O4. The standard InChI is InChI=1S/C22H32N12O2.C2HF3O2/c23-19(24)31-11-1-5-13(6-2-11)35-17-10-18(16(34-22(29)30)9-15(17)33-21(27)28)36-14-7-3-12(4-8-14)32-20(25)26;3-2(4,5)1(6)7/h1-8,15-18H,9-10H2,(H4,23,24,31)(H4,25,26,32)(H4,27,28,33)(H4,29,30,34);(H,6,7)/t15-,16+,17-,18+;. The summed E-state index contributed by atoms with van der Waals surface area (Å²) in [5.41, 5.74) is 45.6. The summed E-state index contributed by atoms with van der Waals surface area (Å²) >= 11 is 0. The Morgan fingerprint density at radius 3 is 1.23 bits per heavy atom. The molecule has 0 radical (unpaired) electrons. The van der Waals surface area contributed by atoms with Gasteiger partial charge < -0.3 is 60.4 Å². The maximum absolute atomic E-state index is 10.6. The molecule has 0 spiro atoms. The van der Waals surface area contributed by atoms with Gasteiger partial charge in [-0.1, -0.05) is 0 Å².